The van der Waals surface area contributed by atoms with Crippen LogP contribution in [-0.4, -0.2) is 34.9 Å². The molecule has 0 fully saturated rings. The maximum atomic E-state index is 13.6. The summed E-state index contributed by atoms with van der Waals surface area (Å²) in [6.45, 7) is 9.99. The fraction of sp³-hybridized carbons (Fsp3) is 0.333. The highest BCUT2D eigenvalue weighted by atomic mass is 16.5. The van der Waals surface area contributed by atoms with Gasteiger partial charge in [-0.25, -0.2) is 0 Å². The van der Waals surface area contributed by atoms with Gasteiger partial charge in [-0.2, -0.15) is 0 Å². The van der Waals surface area contributed by atoms with Gasteiger partial charge in [-0.15, -0.1) is 0 Å². The summed E-state index contributed by atoms with van der Waals surface area (Å²) in [5.74, 6) is 0.214. The van der Waals surface area contributed by atoms with Crippen molar-refractivity contribution in [3.05, 3.63) is 101 Å². The van der Waals surface area contributed by atoms with Crippen molar-refractivity contribution in [1.29, 1.82) is 0 Å². The van der Waals surface area contributed by atoms with E-state index in [1.165, 1.54) is 0 Å². The number of rotatable bonds is 9. The van der Waals surface area contributed by atoms with Gasteiger partial charge in [-0.3, -0.25) is 9.59 Å². The molecule has 1 N–H and O–H groups in total. The van der Waals surface area contributed by atoms with E-state index in [1.807, 2.05) is 113 Å². The van der Waals surface area contributed by atoms with E-state index in [-0.39, 0.29) is 18.4 Å². The van der Waals surface area contributed by atoms with Gasteiger partial charge >= 0.3 is 0 Å². The Labute approximate surface area is 209 Å². The Balaban J connectivity index is 1.94. The normalized spacial score (nSPS) is 12.0. The lowest BCUT2D eigenvalue weighted by molar-refractivity contribution is -0.143. The number of carbonyl (C=O) groups is 2. The van der Waals surface area contributed by atoms with Crippen LogP contribution in [0.25, 0.3) is 0 Å². The van der Waals surface area contributed by atoms with Crippen LogP contribution < -0.4 is 10.1 Å². The number of carbonyl (C=O) groups excluding carboxylic acids is 2. The van der Waals surface area contributed by atoms with E-state index < -0.39 is 11.6 Å². The molecule has 0 saturated heterocycles. The molecule has 184 valence electrons. The molecule has 0 radical (unpaired) electrons. The first-order valence-electron chi connectivity index (χ1n) is 12.0. The first kappa shape index (κ1) is 26.0. The number of nitrogens with one attached hydrogen (secondary N) is 1. The van der Waals surface area contributed by atoms with Crippen LogP contribution in [0.2, 0.25) is 0 Å². The minimum Gasteiger partial charge on any atom is -0.484 e. The molecule has 0 heterocycles. The zero-order valence-electron chi connectivity index (χ0n) is 21.4. The van der Waals surface area contributed by atoms with E-state index in [1.54, 1.807) is 4.90 Å². The quantitative estimate of drug-likeness (QED) is 0.464. The first-order valence-corrected chi connectivity index (χ1v) is 12.0. The van der Waals surface area contributed by atoms with E-state index in [9.17, 15) is 9.59 Å². The Bertz CT molecular complexity index is 1140. The SMILES string of the molecule is Cc1cccc(OCC(=O)N(Cc2ccccc2C)C(Cc2ccccc2)C(=O)NC(C)(C)C)c1. The van der Waals surface area contributed by atoms with Crippen molar-refractivity contribution in [3.63, 3.8) is 0 Å². The zero-order chi connectivity index (χ0) is 25.4. The summed E-state index contributed by atoms with van der Waals surface area (Å²) in [6, 6.07) is 24.7. The summed E-state index contributed by atoms with van der Waals surface area (Å²) in [5.41, 5.74) is 3.68. The Hall–Kier alpha value is -3.60. The standard InChI is InChI=1S/C30H36N2O3/c1-22-12-11-17-26(18-22)35-21-28(33)32(20-25-16-10-9-13-23(25)2)27(29(34)31-30(3,4)5)19-24-14-7-6-8-15-24/h6-18,27H,19-21H2,1-5H3,(H,31,34). The molecular weight excluding hydrogens is 436 g/mol. The fourth-order valence-electron chi connectivity index (χ4n) is 3.91. The smallest absolute Gasteiger partial charge is 0.261 e. The maximum absolute atomic E-state index is 13.6. The predicted molar refractivity (Wildman–Crippen MR) is 140 cm³/mol. The van der Waals surface area contributed by atoms with Crippen molar-refractivity contribution < 1.29 is 14.3 Å². The molecule has 35 heavy (non-hydrogen) atoms. The van der Waals surface area contributed by atoms with Crippen molar-refractivity contribution >= 4 is 11.8 Å². The van der Waals surface area contributed by atoms with Crippen LogP contribution in [0.4, 0.5) is 0 Å². The van der Waals surface area contributed by atoms with E-state index in [4.69, 9.17) is 4.74 Å². The molecule has 1 atom stereocenters. The number of hydrogen-bond acceptors (Lipinski definition) is 3. The highest BCUT2D eigenvalue weighted by Crippen LogP contribution is 2.19. The van der Waals surface area contributed by atoms with E-state index in [0.29, 0.717) is 18.7 Å². The lowest BCUT2D eigenvalue weighted by Gasteiger charge is -2.34. The van der Waals surface area contributed by atoms with Gasteiger partial charge in [-0.1, -0.05) is 66.7 Å². The number of hydrogen-bond donors (Lipinski definition) is 1. The van der Waals surface area contributed by atoms with Crippen LogP contribution in [0.1, 0.15) is 43.0 Å². The van der Waals surface area contributed by atoms with Gasteiger partial charge < -0.3 is 15.0 Å². The topological polar surface area (TPSA) is 58.6 Å². The van der Waals surface area contributed by atoms with Gasteiger partial charge in [0.1, 0.15) is 11.8 Å². The molecule has 3 rings (SSSR count). The van der Waals surface area contributed by atoms with Gasteiger partial charge in [0.05, 0.1) is 0 Å². The van der Waals surface area contributed by atoms with Crippen LogP contribution in [0.3, 0.4) is 0 Å². The Morgan fingerprint density at radius 2 is 1.60 bits per heavy atom. The van der Waals surface area contributed by atoms with E-state index >= 15 is 0 Å². The van der Waals surface area contributed by atoms with Crippen molar-refractivity contribution in [2.45, 2.75) is 59.2 Å². The van der Waals surface area contributed by atoms with Gasteiger partial charge in [0, 0.05) is 18.5 Å². The highest BCUT2D eigenvalue weighted by Gasteiger charge is 2.32. The van der Waals surface area contributed by atoms with Crippen molar-refractivity contribution in [2.75, 3.05) is 6.61 Å². The maximum Gasteiger partial charge on any atom is 0.261 e. The molecule has 0 spiro atoms. The molecule has 5 nitrogen and oxygen atoms in total. The van der Waals surface area contributed by atoms with E-state index in [2.05, 4.69) is 5.32 Å². The average molecular weight is 473 g/mol. The Morgan fingerprint density at radius 3 is 2.26 bits per heavy atom. The molecule has 0 aliphatic heterocycles. The van der Waals surface area contributed by atoms with Crippen LogP contribution in [0, 0.1) is 13.8 Å². The minimum absolute atomic E-state index is 0.149. The van der Waals surface area contributed by atoms with Gasteiger partial charge in [-0.05, 0) is 69.0 Å². The summed E-state index contributed by atoms with van der Waals surface area (Å²) >= 11 is 0. The van der Waals surface area contributed by atoms with Crippen LogP contribution in [0.5, 0.6) is 5.75 Å². The van der Waals surface area contributed by atoms with Gasteiger partial charge in [0.2, 0.25) is 5.91 Å². The number of amides is 2. The van der Waals surface area contributed by atoms with Gasteiger partial charge in [0.15, 0.2) is 6.61 Å². The number of aryl methyl sites for hydroxylation is 2. The van der Waals surface area contributed by atoms with E-state index in [0.717, 1.165) is 22.3 Å². The van der Waals surface area contributed by atoms with Crippen LogP contribution in [-0.2, 0) is 22.6 Å². The number of ether oxygens (including phenoxy) is 1. The number of nitrogens with zero attached hydrogens (tertiary/aromatic N) is 1. The largest absolute Gasteiger partial charge is 0.484 e. The Kier molecular flexibility index (Phi) is 8.69. The molecule has 2 amide bonds. The Morgan fingerprint density at radius 1 is 0.914 bits per heavy atom. The van der Waals surface area contributed by atoms with Crippen molar-refractivity contribution in [1.82, 2.24) is 10.2 Å². The minimum atomic E-state index is -0.690. The molecule has 0 aliphatic carbocycles. The second-order valence-electron chi connectivity index (χ2n) is 10.00. The third kappa shape index (κ3) is 7.99. The molecule has 5 heteroatoms. The lowest BCUT2D eigenvalue weighted by Crippen LogP contribution is -2.55. The molecule has 0 bridgehead atoms. The zero-order valence-corrected chi connectivity index (χ0v) is 21.4. The van der Waals surface area contributed by atoms with Crippen LogP contribution in [0.15, 0.2) is 78.9 Å². The fourth-order valence-corrected chi connectivity index (χ4v) is 3.91. The second-order valence-corrected chi connectivity index (χ2v) is 10.00. The summed E-state index contributed by atoms with van der Waals surface area (Å²) in [4.78, 5) is 28.9. The molecule has 3 aromatic rings. The van der Waals surface area contributed by atoms with Crippen molar-refractivity contribution in [2.24, 2.45) is 0 Å². The third-order valence-corrected chi connectivity index (χ3v) is 5.72. The molecule has 0 saturated carbocycles. The van der Waals surface area contributed by atoms with Crippen molar-refractivity contribution in [3.8, 4) is 5.75 Å². The number of benzene rings is 3. The monoisotopic (exact) mass is 472 g/mol. The summed E-state index contributed by atoms with van der Waals surface area (Å²) < 4.78 is 5.86. The van der Waals surface area contributed by atoms with Crippen LogP contribution >= 0.6 is 0 Å². The summed E-state index contributed by atoms with van der Waals surface area (Å²) in [7, 11) is 0. The first-order chi connectivity index (χ1) is 16.6. The second kappa shape index (κ2) is 11.7. The van der Waals surface area contributed by atoms with Gasteiger partial charge in [0.25, 0.3) is 5.91 Å². The molecule has 0 aliphatic rings. The molecular formula is C30H36N2O3. The molecule has 0 aromatic heterocycles. The molecule has 1 unspecified atom stereocenters. The predicted octanol–water partition coefficient (Wildman–Crippen LogP) is 5.24. The third-order valence-electron chi connectivity index (χ3n) is 5.72. The lowest BCUT2D eigenvalue weighted by atomic mass is 10.00. The highest BCUT2D eigenvalue weighted by molar-refractivity contribution is 5.89. The molecule has 3 aromatic carbocycles. The summed E-state index contributed by atoms with van der Waals surface area (Å²) in [6.07, 6.45) is 0.408. The summed E-state index contributed by atoms with van der Waals surface area (Å²) in [5, 5.41) is 3.08. The average Bonchev–Trinajstić information content (AvgIpc) is 2.80.